The Hall–Kier alpha value is -1.87. The van der Waals surface area contributed by atoms with Gasteiger partial charge in [-0.2, -0.15) is 0 Å². The fourth-order valence-electron chi connectivity index (χ4n) is 3.05. The minimum Gasteiger partial charge on any atom is -0.382 e. The van der Waals surface area contributed by atoms with Crippen LogP contribution < -0.4 is 5.32 Å². The molecule has 22 heavy (non-hydrogen) atoms. The van der Waals surface area contributed by atoms with Crippen LogP contribution in [-0.2, 0) is 6.54 Å². The third-order valence-corrected chi connectivity index (χ3v) is 4.30. The van der Waals surface area contributed by atoms with Crippen molar-refractivity contribution >= 4 is 5.69 Å². The molecule has 1 heterocycles. The molecule has 0 atom stereocenters. The fraction of sp³-hybridized carbons (Fsp3) is 0.368. The van der Waals surface area contributed by atoms with Crippen LogP contribution in [0.3, 0.4) is 0 Å². The Balaban J connectivity index is 1.49. The van der Waals surface area contributed by atoms with Crippen LogP contribution in [0.5, 0.6) is 0 Å². The van der Waals surface area contributed by atoms with Gasteiger partial charge in [0.15, 0.2) is 0 Å². The number of rotatable bonds is 4. The van der Waals surface area contributed by atoms with Crippen LogP contribution in [-0.4, -0.2) is 24.0 Å². The van der Waals surface area contributed by atoms with Crippen LogP contribution in [0.25, 0.3) is 0 Å². The second-order valence-electron chi connectivity index (χ2n) is 6.19. The number of halogens is 1. The van der Waals surface area contributed by atoms with Crippen LogP contribution in [0, 0.1) is 12.7 Å². The van der Waals surface area contributed by atoms with Crippen LogP contribution in [0.4, 0.5) is 10.1 Å². The van der Waals surface area contributed by atoms with Crippen molar-refractivity contribution in [2.75, 3.05) is 18.4 Å². The normalized spacial score (nSPS) is 16.6. The van der Waals surface area contributed by atoms with Gasteiger partial charge in [0.1, 0.15) is 5.82 Å². The zero-order chi connectivity index (χ0) is 15.4. The van der Waals surface area contributed by atoms with E-state index >= 15 is 0 Å². The lowest BCUT2D eigenvalue weighted by Crippen LogP contribution is -2.38. The first-order chi connectivity index (χ1) is 10.7. The molecule has 0 saturated carbocycles. The summed E-state index contributed by atoms with van der Waals surface area (Å²) in [6.45, 7) is 5.20. The van der Waals surface area contributed by atoms with E-state index in [1.54, 1.807) is 12.1 Å². The summed E-state index contributed by atoms with van der Waals surface area (Å²) in [4.78, 5) is 2.45. The third-order valence-electron chi connectivity index (χ3n) is 4.30. The predicted octanol–water partition coefficient (Wildman–Crippen LogP) is 4.21. The molecule has 1 N–H and O–H groups in total. The van der Waals surface area contributed by atoms with Crippen molar-refractivity contribution < 1.29 is 4.39 Å². The number of hydrogen-bond acceptors (Lipinski definition) is 2. The Morgan fingerprint density at radius 2 is 1.82 bits per heavy atom. The van der Waals surface area contributed by atoms with Gasteiger partial charge in [-0.25, -0.2) is 4.39 Å². The maximum absolute atomic E-state index is 12.9. The minimum atomic E-state index is -0.162. The monoisotopic (exact) mass is 298 g/mol. The first-order valence-electron chi connectivity index (χ1n) is 7.99. The smallest absolute Gasteiger partial charge is 0.123 e. The van der Waals surface area contributed by atoms with E-state index < -0.39 is 0 Å². The number of nitrogens with zero attached hydrogens (tertiary/aromatic N) is 1. The molecule has 0 aromatic heterocycles. The highest BCUT2D eigenvalue weighted by Gasteiger charge is 2.19. The van der Waals surface area contributed by atoms with Crippen molar-refractivity contribution in [2.24, 2.45) is 0 Å². The first kappa shape index (κ1) is 15.0. The Bertz CT molecular complexity index is 601. The summed E-state index contributed by atoms with van der Waals surface area (Å²) >= 11 is 0. The van der Waals surface area contributed by atoms with Gasteiger partial charge < -0.3 is 5.32 Å². The number of nitrogens with one attached hydrogen (secondary N) is 1. The van der Waals surface area contributed by atoms with Crippen LogP contribution in [0.2, 0.25) is 0 Å². The summed E-state index contributed by atoms with van der Waals surface area (Å²) < 4.78 is 12.9. The van der Waals surface area contributed by atoms with Crippen molar-refractivity contribution in [3.05, 3.63) is 65.5 Å². The minimum absolute atomic E-state index is 0.162. The summed E-state index contributed by atoms with van der Waals surface area (Å²) in [7, 11) is 0. The third kappa shape index (κ3) is 4.08. The lowest BCUT2D eigenvalue weighted by Gasteiger charge is -2.33. The van der Waals surface area contributed by atoms with Gasteiger partial charge in [0.2, 0.25) is 0 Å². The molecule has 3 heteroatoms. The van der Waals surface area contributed by atoms with Gasteiger partial charge in [-0.1, -0.05) is 24.3 Å². The fourth-order valence-corrected chi connectivity index (χ4v) is 3.05. The van der Waals surface area contributed by atoms with Crippen molar-refractivity contribution in [3.8, 4) is 0 Å². The summed E-state index contributed by atoms with van der Waals surface area (Å²) in [6.07, 6.45) is 2.30. The van der Waals surface area contributed by atoms with Crippen molar-refractivity contribution in [1.29, 1.82) is 0 Å². The largest absolute Gasteiger partial charge is 0.382 e. The van der Waals surface area contributed by atoms with E-state index in [-0.39, 0.29) is 5.82 Å². The Kier molecular flexibility index (Phi) is 4.74. The average Bonchev–Trinajstić information content (AvgIpc) is 2.52. The van der Waals surface area contributed by atoms with Gasteiger partial charge in [0, 0.05) is 31.4 Å². The van der Waals surface area contributed by atoms with E-state index in [1.165, 1.54) is 16.8 Å². The van der Waals surface area contributed by atoms with Crippen molar-refractivity contribution in [3.63, 3.8) is 0 Å². The SMILES string of the molecule is Cc1cccc(NC2CCN(Cc3ccc(F)cc3)CC2)c1. The Morgan fingerprint density at radius 3 is 2.50 bits per heavy atom. The predicted molar refractivity (Wildman–Crippen MR) is 89.5 cm³/mol. The second-order valence-corrected chi connectivity index (χ2v) is 6.19. The topological polar surface area (TPSA) is 15.3 Å². The lowest BCUT2D eigenvalue weighted by molar-refractivity contribution is 0.211. The molecule has 0 radical (unpaired) electrons. The number of benzene rings is 2. The van der Waals surface area contributed by atoms with Crippen LogP contribution in [0.1, 0.15) is 24.0 Å². The molecule has 2 aromatic rings. The lowest BCUT2D eigenvalue weighted by atomic mass is 10.0. The molecule has 2 aromatic carbocycles. The number of aryl methyl sites for hydroxylation is 1. The molecule has 0 spiro atoms. The number of piperidine rings is 1. The molecule has 0 bridgehead atoms. The van der Waals surface area contributed by atoms with E-state index in [0.29, 0.717) is 6.04 Å². The zero-order valence-electron chi connectivity index (χ0n) is 13.1. The molecule has 0 unspecified atom stereocenters. The molecular weight excluding hydrogens is 275 g/mol. The molecule has 1 saturated heterocycles. The first-order valence-corrected chi connectivity index (χ1v) is 7.99. The van der Waals surface area contributed by atoms with Gasteiger partial charge >= 0.3 is 0 Å². The number of hydrogen-bond donors (Lipinski definition) is 1. The maximum atomic E-state index is 12.9. The maximum Gasteiger partial charge on any atom is 0.123 e. The highest BCUT2D eigenvalue weighted by molar-refractivity contribution is 5.46. The summed E-state index contributed by atoms with van der Waals surface area (Å²) in [5.74, 6) is -0.162. The van der Waals surface area contributed by atoms with Gasteiger partial charge in [-0.15, -0.1) is 0 Å². The number of anilines is 1. The standard InChI is InChI=1S/C19H23FN2/c1-15-3-2-4-19(13-15)21-18-9-11-22(12-10-18)14-16-5-7-17(20)8-6-16/h2-8,13,18,21H,9-12,14H2,1H3. The summed E-state index contributed by atoms with van der Waals surface area (Å²) in [6, 6.07) is 16.0. The highest BCUT2D eigenvalue weighted by Crippen LogP contribution is 2.19. The molecule has 3 rings (SSSR count). The molecule has 0 amide bonds. The molecule has 1 aliphatic heterocycles. The number of likely N-dealkylation sites (tertiary alicyclic amines) is 1. The van der Waals surface area contributed by atoms with Crippen LogP contribution >= 0.6 is 0 Å². The highest BCUT2D eigenvalue weighted by atomic mass is 19.1. The van der Waals surface area contributed by atoms with E-state index in [0.717, 1.165) is 32.5 Å². The molecule has 0 aliphatic carbocycles. The van der Waals surface area contributed by atoms with Gasteiger partial charge in [-0.3, -0.25) is 4.90 Å². The summed E-state index contributed by atoms with van der Waals surface area (Å²) in [5.41, 5.74) is 3.70. The van der Waals surface area contributed by atoms with E-state index in [2.05, 4.69) is 41.4 Å². The molecule has 1 aliphatic rings. The Labute approximate surface area is 132 Å². The van der Waals surface area contributed by atoms with E-state index in [1.807, 2.05) is 12.1 Å². The zero-order valence-corrected chi connectivity index (χ0v) is 13.1. The Morgan fingerprint density at radius 1 is 1.09 bits per heavy atom. The van der Waals surface area contributed by atoms with Crippen LogP contribution in [0.15, 0.2) is 48.5 Å². The average molecular weight is 298 g/mol. The van der Waals surface area contributed by atoms with Gasteiger partial charge in [0.05, 0.1) is 0 Å². The van der Waals surface area contributed by atoms with Crippen molar-refractivity contribution in [1.82, 2.24) is 4.90 Å². The molecule has 2 nitrogen and oxygen atoms in total. The molecule has 1 fully saturated rings. The molecule has 116 valence electrons. The summed E-state index contributed by atoms with van der Waals surface area (Å²) in [5, 5.41) is 3.64. The molecular formula is C19H23FN2. The van der Waals surface area contributed by atoms with Gasteiger partial charge in [-0.05, 0) is 55.2 Å². The van der Waals surface area contributed by atoms with Gasteiger partial charge in [0.25, 0.3) is 0 Å². The quantitative estimate of drug-likeness (QED) is 0.909. The second kappa shape index (κ2) is 6.93. The van der Waals surface area contributed by atoms with E-state index in [4.69, 9.17) is 0 Å². The van der Waals surface area contributed by atoms with E-state index in [9.17, 15) is 4.39 Å². The van der Waals surface area contributed by atoms with Crippen molar-refractivity contribution in [2.45, 2.75) is 32.4 Å².